The average Bonchev–Trinajstić information content (AvgIpc) is 2.61. The summed E-state index contributed by atoms with van der Waals surface area (Å²) in [7, 11) is 0. The molecular weight excluding hydrogens is 306 g/mol. The summed E-state index contributed by atoms with van der Waals surface area (Å²) in [6, 6.07) is 17.7. The number of nitrogens with one attached hydrogen (secondary N) is 1. The van der Waals surface area contributed by atoms with Crippen molar-refractivity contribution < 1.29 is 14.3 Å². The molecule has 0 aliphatic heterocycles. The summed E-state index contributed by atoms with van der Waals surface area (Å²) in [6.07, 6.45) is -0.311. The highest BCUT2D eigenvalue weighted by Gasteiger charge is 2.14. The summed E-state index contributed by atoms with van der Waals surface area (Å²) >= 11 is 0. The molecule has 0 bridgehead atoms. The maximum absolute atomic E-state index is 12.2. The zero-order valence-electron chi connectivity index (χ0n) is 12.9. The van der Waals surface area contributed by atoms with Gasteiger partial charge in [0.2, 0.25) is 0 Å². The molecule has 0 radical (unpaired) electrons. The number of hydrogen-bond donors (Lipinski definition) is 2. The summed E-state index contributed by atoms with van der Waals surface area (Å²) in [4.78, 5) is 24.1. The van der Waals surface area contributed by atoms with Gasteiger partial charge < -0.3 is 14.8 Å². The van der Waals surface area contributed by atoms with Crippen LogP contribution in [0.15, 0.2) is 69.9 Å². The first-order valence-electron chi connectivity index (χ1n) is 7.69. The molecule has 1 aromatic heterocycles. The Hall–Kier alpha value is -2.92. The minimum atomic E-state index is -0.671. The second kappa shape index (κ2) is 7.10. The number of carbonyl (C=O) groups is 1. The Morgan fingerprint density at radius 3 is 2.58 bits per heavy atom. The van der Waals surface area contributed by atoms with Gasteiger partial charge in [-0.25, -0.2) is 4.79 Å². The summed E-state index contributed by atoms with van der Waals surface area (Å²) in [5, 5.41) is 13.4. The standard InChI is InChI=1S/C19H17NO4/c21-16(13-6-2-1-3-7-13)10-11-20-18(22)15-12-14-8-4-5-9-17(14)24-19(15)23/h1-9,12,16,21H,10-11H2,(H,20,22). The molecule has 0 spiro atoms. The monoisotopic (exact) mass is 323 g/mol. The summed E-state index contributed by atoms with van der Waals surface area (Å²) in [5.41, 5.74) is 0.522. The van der Waals surface area contributed by atoms with Crippen LogP contribution in [0.3, 0.4) is 0 Å². The summed E-state index contributed by atoms with van der Waals surface area (Å²) in [5.74, 6) is -0.505. The molecule has 122 valence electrons. The molecule has 0 saturated carbocycles. The van der Waals surface area contributed by atoms with E-state index in [-0.39, 0.29) is 12.1 Å². The van der Waals surface area contributed by atoms with Gasteiger partial charge in [-0.05, 0) is 24.1 Å². The van der Waals surface area contributed by atoms with Crippen LogP contribution in [-0.2, 0) is 0 Å². The van der Waals surface area contributed by atoms with Crippen molar-refractivity contribution in [1.82, 2.24) is 5.32 Å². The van der Waals surface area contributed by atoms with Gasteiger partial charge in [0.25, 0.3) is 5.91 Å². The van der Waals surface area contributed by atoms with Gasteiger partial charge in [0.05, 0.1) is 6.10 Å². The van der Waals surface area contributed by atoms with Crippen LogP contribution in [-0.4, -0.2) is 17.6 Å². The topological polar surface area (TPSA) is 79.5 Å². The number of aliphatic hydroxyl groups is 1. The Morgan fingerprint density at radius 2 is 1.79 bits per heavy atom. The lowest BCUT2D eigenvalue weighted by atomic mass is 10.1. The third-order valence-electron chi connectivity index (χ3n) is 3.77. The molecule has 1 heterocycles. The quantitative estimate of drug-likeness (QED) is 0.708. The lowest BCUT2D eigenvalue weighted by Crippen LogP contribution is -2.29. The molecule has 3 aromatic rings. The summed E-state index contributed by atoms with van der Waals surface area (Å²) < 4.78 is 5.14. The van der Waals surface area contributed by atoms with E-state index in [2.05, 4.69) is 5.32 Å². The normalized spacial score (nSPS) is 12.0. The Balaban J connectivity index is 1.65. The van der Waals surface area contributed by atoms with Crippen LogP contribution < -0.4 is 10.9 Å². The van der Waals surface area contributed by atoms with Crippen molar-refractivity contribution in [3.8, 4) is 0 Å². The lowest BCUT2D eigenvalue weighted by molar-refractivity contribution is 0.0939. The SMILES string of the molecule is O=C(NCCC(O)c1ccccc1)c1cc2ccccc2oc1=O. The fourth-order valence-corrected chi connectivity index (χ4v) is 2.48. The van der Waals surface area contributed by atoms with E-state index in [0.29, 0.717) is 17.4 Å². The molecule has 24 heavy (non-hydrogen) atoms. The first-order chi connectivity index (χ1) is 11.6. The minimum Gasteiger partial charge on any atom is -0.422 e. The van der Waals surface area contributed by atoms with Gasteiger partial charge in [-0.15, -0.1) is 0 Å². The van der Waals surface area contributed by atoms with Crippen molar-refractivity contribution in [2.45, 2.75) is 12.5 Å². The van der Waals surface area contributed by atoms with Crippen molar-refractivity contribution in [2.75, 3.05) is 6.54 Å². The van der Waals surface area contributed by atoms with Crippen molar-refractivity contribution in [3.63, 3.8) is 0 Å². The van der Waals surface area contributed by atoms with Crippen LogP contribution in [0.4, 0.5) is 0 Å². The van der Waals surface area contributed by atoms with Crippen LogP contribution in [0.5, 0.6) is 0 Å². The van der Waals surface area contributed by atoms with Gasteiger partial charge >= 0.3 is 5.63 Å². The van der Waals surface area contributed by atoms with Crippen molar-refractivity contribution in [2.24, 2.45) is 0 Å². The van der Waals surface area contributed by atoms with E-state index in [1.54, 1.807) is 24.3 Å². The number of fused-ring (bicyclic) bond motifs is 1. The predicted molar refractivity (Wildman–Crippen MR) is 90.8 cm³/mol. The van der Waals surface area contributed by atoms with E-state index in [4.69, 9.17) is 4.42 Å². The van der Waals surface area contributed by atoms with E-state index in [1.165, 1.54) is 6.07 Å². The Morgan fingerprint density at radius 1 is 1.08 bits per heavy atom. The maximum atomic E-state index is 12.2. The van der Waals surface area contributed by atoms with Gasteiger partial charge in [-0.3, -0.25) is 4.79 Å². The third kappa shape index (κ3) is 3.52. The van der Waals surface area contributed by atoms with Crippen LogP contribution >= 0.6 is 0 Å². The molecule has 3 rings (SSSR count). The predicted octanol–water partition coefficient (Wildman–Crippen LogP) is 2.65. The minimum absolute atomic E-state index is 0.0390. The van der Waals surface area contributed by atoms with E-state index in [9.17, 15) is 14.7 Å². The van der Waals surface area contributed by atoms with Crippen molar-refractivity contribution in [1.29, 1.82) is 0 Å². The van der Waals surface area contributed by atoms with E-state index >= 15 is 0 Å². The number of amides is 1. The fourth-order valence-electron chi connectivity index (χ4n) is 2.48. The van der Waals surface area contributed by atoms with Crippen LogP contribution in [0.1, 0.15) is 28.4 Å². The van der Waals surface area contributed by atoms with Crippen LogP contribution in [0, 0.1) is 0 Å². The number of aliphatic hydroxyl groups excluding tert-OH is 1. The van der Waals surface area contributed by atoms with E-state index < -0.39 is 17.6 Å². The molecule has 1 amide bonds. The number of carbonyl (C=O) groups excluding carboxylic acids is 1. The molecule has 1 unspecified atom stereocenters. The second-order valence-corrected chi connectivity index (χ2v) is 5.46. The molecule has 5 heteroatoms. The first-order valence-corrected chi connectivity index (χ1v) is 7.69. The third-order valence-corrected chi connectivity index (χ3v) is 3.77. The van der Waals surface area contributed by atoms with Gasteiger partial charge in [0.1, 0.15) is 11.1 Å². The van der Waals surface area contributed by atoms with Crippen LogP contribution in [0.2, 0.25) is 0 Å². The second-order valence-electron chi connectivity index (χ2n) is 5.46. The van der Waals surface area contributed by atoms with Gasteiger partial charge in [-0.1, -0.05) is 48.5 Å². The molecular formula is C19H17NO4. The van der Waals surface area contributed by atoms with Gasteiger partial charge in [0, 0.05) is 11.9 Å². The van der Waals surface area contributed by atoms with Crippen molar-refractivity contribution in [3.05, 3.63) is 82.2 Å². The molecule has 5 nitrogen and oxygen atoms in total. The van der Waals surface area contributed by atoms with Gasteiger partial charge in [-0.2, -0.15) is 0 Å². The molecule has 2 N–H and O–H groups in total. The Labute approximate surface area is 138 Å². The molecule has 0 saturated heterocycles. The first kappa shape index (κ1) is 16.0. The highest BCUT2D eigenvalue weighted by Crippen LogP contribution is 2.15. The Kier molecular flexibility index (Phi) is 4.72. The fraction of sp³-hybridized carbons (Fsp3) is 0.158. The highest BCUT2D eigenvalue weighted by atomic mass is 16.4. The highest BCUT2D eigenvalue weighted by molar-refractivity contribution is 5.96. The number of rotatable bonds is 5. The zero-order valence-corrected chi connectivity index (χ0v) is 12.9. The molecule has 1 atom stereocenters. The summed E-state index contributed by atoms with van der Waals surface area (Å²) in [6.45, 7) is 0.251. The van der Waals surface area contributed by atoms with Crippen molar-refractivity contribution >= 4 is 16.9 Å². The van der Waals surface area contributed by atoms with Gasteiger partial charge in [0.15, 0.2) is 0 Å². The average molecular weight is 323 g/mol. The number of hydrogen-bond acceptors (Lipinski definition) is 4. The number of para-hydroxylation sites is 1. The largest absolute Gasteiger partial charge is 0.422 e. The lowest BCUT2D eigenvalue weighted by Gasteiger charge is -2.11. The maximum Gasteiger partial charge on any atom is 0.349 e. The van der Waals surface area contributed by atoms with E-state index in [0.717, 1.165) is 5.56 Å². The molecule has 0 aliphatic rings. The molecule has 2 aromatic carbocycles. The van der Waals surface area contributed by atoms with Crippen LogP contribution in [0.25, 0.3) is 11.0 Å². The molecule has 0 aliphatic carbocycles. The zero-order chi connectivity index (χ0) is 16.9. The smallest absolute Gasteiger partial charge is 0.349 e. The molecule has 0 fully saturated rings. The van der Waals surface area contributed by atoms with E-state index in [1.807, 2.05) is 30.3 Å². The Bertz CT molecular complexity index is 902. The number of benzene rings is 2.